The van der Waals surface area contributed by atoms with E-state index in [9.17, 15) is 4.79 Å². The molecular weight excluding hydrogens is 288 g/mol. The zero-order chi connectivity index (χ0) is 15.5. The molecule has 0 bridgehead atoms. The zero-order valence-electron chi connectivity index (χ0n) is 12.0. The molecule has 2 rings (SSSR count). The molecule has 1 aromatic heterocycles. The van der Waals surface area contributed by atoms with Gasteiger partial charge in [0.25, 0.3) is 5.56 Å². The Morgan fingerprint density at radius 2 is 2.00 bits per heavy atom. The lowest BCUT2D eigenvalue weighted by atomic mass is 10.2. The average Bonchev–Trinajstić information content (AvgIpc) is 2.38. The standard InChI is InChI=1S/C14H16N4O2S/c1-14(2,3)20-11-6-4-10(5-7-11)8-16-18-12(19)9-15-17-13(18)21/h4-9H,1-3H3,(H,17,21)/b16-8-. The number of aromatic amines is 1. The second kappa shape index (κ2) is 6.01. The normalized spacial score (nSPS) is 11.8. The van der Waals surface area contributed by atoms with Crippen LogP contribution in [0.2, 0.25) is 0 Å². The van der Waals surface area contributed by atoms with E-state index in [-0.39, 0.29) is 15.9 Å². The maximum atomic E-state index is 11.6. The average molecular weight is 304 g/mol. The van der Waals surface area contributed by atoms with Gasteiger partial charge in [-0.15, -0.1) is 0 Å². The predicted octanol–water partition coefficient (Wildman–Crippen LogP) is 2.36. The molecule has 110 valence electrons. The van der Waals surface area contributed by atoms with Crippen LogP contribution in [0.1, 0.15) is 26.3 Å². The quantitative estimate of drug-likeness (QED) is 0.698. The summed E-state index contributed by atoms with van der Waals surface area (Å²) in [5, 5.41) is 10.1. The number of nitrogens with one attached hydrogen (secondary N) is 1. The van der Waals surface area contributed by atoms with Crippen molar-refractivity contribution in [1.82, 2.24) is 14.9 Å². The molecule has 1 heterocycles. The van der Waals surface area contributed by atoms with Crippen molar-refractivity contribution in [3.63, 3.8) is 0 Å². The molecule has 0 fully saturated rings. The lowest BCUT2D eigenvalue weighted by Crippen LogP contribution is -2.22. The first kappa shape index (κ1) is 15.1. The van der Waals surface area contributed by atoms with Crippen molar-refractivity contribution in [2.24, 2.45) is 5.10 Å². The molecule has 7 heteroatoms. The third-order valence-electron chi connectivity index (χ3n) is 2.36. The van der Waals surface area contributed by atoms with Gasteiger partial charge in [0, 0.05) is 0 Å². The van der Waals surface area contributed by atoms with Gasteiger partial charge in [0.1, 0.15) is 17.5 Å². The van der Waals surface area contributed by atoms with Crippen molar-refractivity contribution in [3.8, 4) is 5.75 Å². The van der Waals surface area contributed by atoms with E-state index in [4.69, 9.17) is 17.0 Å². The van der Waals surface area contributed by atoms with Crippen LogP contribution in [-0.4, -0.2) is 26.7 Å². The van der Waals surface area contributed by atoms with Crippen LogP contribution in [0.15, 0.2) is 40.4 Å². The molecule has 0 unspecified atom stereocenters. The summed E-state index contributed by atoms with van der Waals surface area (Å²) in [5.41, 5.74) is 0.199. The Morgan fingerprint density at radius 3 is 2.57 bits per heavy atom. The molecular formula is C14H16N4O2S. The summed E-state index contributed by atoms with van der Waals surface area (Å²) in [7, 11) is 0. The lowest BCUT2D eigenvalue weighted by molar-refractivity contribution is 0.131. The Bertz CT molecular complexity index is 726. The van der Waals surface area contributed by atoms with Crippen LogP contribution in [0.3, 0.4) is 0 Å². The molecule has 2 aromatic rings. The van der Waals surface area contributed by atoms with Crippen molar-refractivity contribution in [2.45, 2.75) is 26.4 Å². The van der Waals surface area contributed by atoms with Crippen LogP contribution in [0, 0.1) is 4.77 Å². The number of rotatable bonds is 3. The van der Waals surface area contributed by atoms with Gasteiger partial charge < -0.3 is 4.74 Å². The molecule has 0 aliphatic rings. The summed E-state index contributed by atoms with van der Waals surface area (Å²) in [6.07, 6.45) is 2.67. The highest BCUT2D eigenvalue weighted by molar-refractivity contribution is 7.71. The monoisotopic (exact) mass is 304 g/mol. The van der Waals surface area contributed by atoms with E-state index >= 15 is 0 Å². The van der Waals surface area contributed by atoms with E-state index in [1.54, 1.807) is 6.21 Å². The minimum absolute atomic E-state index is 0.145. The van der Waals surface area contributed by atoms with Crippen LogP contribution < -0.4 is 10.3 Å². The highest BCUT2D eigenvalue weighted by atomic mass is 32.1. The minimum atomic E-state index is -0.386. The number of nitrogens with zero attached hydrogens (tertiary/aromatic N) is 3. The number of ether oxygens (including phenoxy) is 1. The van der Waals surface area contributed by atoms with Crippen LogP contribution in [0.4, 0.5) is 0 Å². The van der Waals surface area contributed by atoms with Crippen LogP contribution >= 0.6 is 12.2 Å². The van der Waals surface area contributed by atoms with E-state index < -0.39 is 0 Å². The molecule has 0 aliphatic carbocycles. The van der Waals surface area contributed by atoms with Crippen molar-refractivity contribution in [3.05, 3.63) is 51.2 Å². The van der Waals surface area contributed by atoms with E-state index in [0.717, 1.165) is 22.2 Å². The fraction of sp³-hybridized carbons (Fsp3) is 0.286. The van der Waals surface area contributed by atoms with Gasteiger partial charge >= 0.3 is 0 Å². The van der Waals surface area contributed by atoms with Crippen LogP contribution in [0.5, 0.6) is 5.75 Å². The van der Waals surface area contributed by atoms with E-state index in [1.807, 2.05) is 45.0 Å². The smallest absolute Gasteiger partial charge is 0.293 e. The van der Waals surface area contributed by atoms with Gasteiger partial charge in [-0.25, -0.2) is 0 Å². The Labute approximate surface area is 127 Å². The number of hydrogen-bond donors (Lipinski definition) is 1. The molecule has 1 aromatic carbocycles. The predicted molar refractivity (Wildman–Crippen MR) is 83.5 cm³/mol. The summed E-state index contributed by atoms with van der Waals surface area (Å²) in [6, 6.07) is 7.40. The molecule has 0 radical (unpaired) electrons. The molecule has 0 amide bonds. The highest BCUT2D eigenvalue weighted by Crippen LogP contribution is 2.17. The number of hydrogen-bond acceptors (Lipinski definition) is 5. The number of H-pyrrole nitrogens is 1. The maximum Gasteiger partial charge on any atom is 0.293 e. The summed E-state index contributed by atoms with van der Waals surface area (Å²) in [5.74, 6) is 0.776. The van der Waals surface area contributed by atoms with Crippen LogP contribution in [0.25, 0.3) is 0 Å². The van der Waals surface area contributed by atoms with E-state index in [2.05, 4.69) is 15.3 Å². The van der Waals surface area contributed by atoms with Gasteiger partial charge in [0.15, 0.2) is 0 Å². The van der Waals surface area contributed by atoms with Crippen molar-refractivity contribution < 1.29 is 4.74 Å². The minimum Gasteiger partial charge on any atom is -0.488 e. The van der Waals surface area contributed by atoms with Gasteiger partial charge in [0.05, 0.1) is 6.21 Å². The third kappa shape index (κ3) is 4.35. The van der Waals surface area contributed by atoms with Crippen molar-refractivity contribution in [1.29, 1.82) is 0 Å². The summed E-state index contributed by atoms with van der Waals surface area (Å²) < 4.78 is 6.94. The molecule has 0 spiro atoms. The molecule has 0 atom stereocenters. The first-order valence-corrected chi connectivity index (χ1v) is 6.76. The molecule has 0 saturated carbocycles. The Balaban J connectivity index is 2.19. The lowest BCUT2D eigenvalue weighted by Gasteiger charge is -2.21. The van der Waals surface area contributed by atoms with Gasteiger partial charge in [-0.2, -0.15) is 14.9 Å². The van der Waals surface area contributed by atoms with E-state index in [0.29, 0.717) is 0 Å². The zero-order valence-corrected chi connectivity index (χ0v) is 12.8. The van der Waals surface area contributed by atoms with Crippen molar-refractivity contribution >= 4 is 18.4 Å². The van der Waals surface area contributed by atoms with Gasteiger partial charge in [-0.1, -0.05) is 0 Å². The summed E-state index contributed by atoms with van der Waals surface area (Å²) in [6.45, 7) is 5.96. The highest BCUT2D eigenvalue weighted by Gasteiger charge is 2.11. The van der Waals surface area contributed by atoms with Gasteiger partial charge in [-0.05, 0) is 62.8 Å². The first-order valence-electron chi connectivity index (χ1n) is 6.35. The first-order chi connectivity index (χ1) is 9.85. The summed E-state index contributed by atoms with van der Waals surface area (Å²) >= 11 is 4.95. The fourth-order valence-electron chi connectivity index (χ4n) is 1.55. The second-order valence-corrected chi connectivity index (χ2v) is 5.74. The topological polar surface area (TPSA) is 72.3 Å². The Kier molecular flexibility index (Phi) is 4.32. The summed E-state index contributed by atoms with van der Waals surface area (Å²) in [4.78, 5) is 11.6. The largest absolute Gasteiger partial charge is 0.488 e. The Morgan fingerprint density at radius 1 is 1.33 bits per heavy atom. The Hall–Kier alpha value is -2.28. The van der Waals surface area contributed by atoms with Crippen LogP contribution in [-0.2, 0) is 0 Å². The number of benzene rings is 1. The molecule has 6 nitrogen and oxygen atoms in total. The molecule has 0 aliphatic heterocycles. The van der Waals surface area contributed by atoms with Crippen molar-refractivity contribution in [2.75, 3.05) is 0 Å². The number of aromatic nitrogens is 3. The fourth-order valence-corrected chi connectivity index (χ4v) is 1.74. The third-order valence-corrected chi connectivity index (χ3v) is 2.63. The molecule has 1 N–H and O–H groups in total. The molecule has 21 heavy (non-hydrogen) atoms. The SMILES string of the molecule is CC(C)(C)Oc1ccc(/C=N\n2c(=O)cn[nH]c2=S)cc1. The maximum absolute atomic E-state index is 11.6. The van der Waals surface area contributed by atoms with Gasteiger partial charge in [-0.3, -0.25) is 9.89 Å². The van der Waals surface area contributed by atoms with E-state index in [1.165, 1.54) is 0 Å². The second-order valence-electron chi connectivity index (χ2n) is 5.35. The molecule has 0 saturated heterocycles. The van der Waals surface area contributed by atoms with Gasteiger partial charge in [0.2, 0.25) is 4.77 Å².